The van der Waals surface area contributed by atoms with Gasteiger partial charge < -0.3 is 0 Å². The number of hydrogen-bond acceptors (Lipinski definition) is 0. The lowest BCUT2D eigenvalue weighted by Gasteiger charge is -2.18. The zero-order valence-electron chi connectivity index (χ0n) is 10.9. The number of aryl methyl sites for hydroxylation is 1. The Bertz CT molecular complexity index is 312. The summed E-state index contributed by atoms with van der Waals surface area (Å²) < 4.78 is 0. The maximum atomic E-state index is 4.29. The van der Waals surface area contributed by atoms with E-state index in [9.17, 15) is 0 Å². The molecule has 1 aromatic rings. The van der Waals surface area contributed by atoms with Crippen LogP contribution < -0.4 is 0 Å². The molecular weight excluding hydrogens is 192 g/mol. The maximum absolute atomic E-state index is 4.29. The Hall–Kier alpha value is -1.04. The maximum Gasteiger partial charge on any atom is -0.0162 e. The van der Waals surface area contributed by atoms with Crippen LogP contribution in [0.5, 0.6) is 0 Å². The lowest BCUT2D eigenvalue weighted by atomic mass is 9.87. The highest BCUT2D eigenvalue weighted by Gasteiger charge is 2.12. The average molecular weight is 216 g/mol. The van der Waals surface area contributed by atoms with Crippen molar-refractivity contribution in [1.29, 1.82) is 0 Å². The van der Waals surface area contributed by atoms with Crippen molar-refractivity contribution in [2.75, 3.05) is 0 Å². The molecule has 0 unspecified atom stereocenters. The van der Waals surface area contributed by atoms with Crippen LogP contribution in [0.3, 0.4) is 0 Å². The summed E-state index contributed by atoms with van der Waals surface area (Å²) in [5.41, 5.74) is 3.96. The molecule has 16 heavy (non-hydrogen) atoms. The first kappa shape index (κ1) is 13.0. The first-order chi connectivity index (χ1) is 7.69. The van der Waals surface area contributed by atoms with Crippen molar-refractivity contribution in [2.24, 2.45) is 5.92 Å². The van der Waals surface area contributed by atoms with Gasteiger partial charge in [0, 0.05) is 0 Å². The first-order valence-corrected chi connectivity index (χ1v) is 6.44. The van der Waals surface area contributed by atoms with Gasteiger partial charge in [-0.2, -0.15) is 0 Å². The summed E-state index contributed by atoms with van der Waals surface area (Å²) in [5, 5.41) is 0. The highest BCUT2D eigenvalue weighted by molar-refractivity contribution is 5.65. The third-order valence-corrected chi connectivity index (χ3v) is 3.19. The molecule has 0 fully saturated rings. The molecule has 1 aromatic carbocycles. The van der Waals surface area contributed by atoms with E-state index in [1.165, 1.54) is 42.4 Å². The van der Waals surface area contributed by atoms with Gasteiger partial charge >= 0.3 is 0 Å². The smallest absolute Gasteiger partial charge is 0.0162 e. The lowest BCUT2D eigenvalue weighted by molar-refractivity contribution is 0.544. The molecule has 1 rings (SSSR count). The van der Waals surface area contributed by atoms with E-state index in [-0.39, 0.29) is 0 Å². The zero-order valence-corrected chi connectivity index (χ0v) is 10.9. The molecule has 88 valence electrons. The highest BCUT2D eigenvalue weighted by atomic mass is 14.2. The monoisotopic (exact) mass is 216 g/mol. The fourth-order valence-electron chi connectivity index (χ4n) is 2.19. The van der Waals surface area contributed by atoms with Crippen molar-refractivity contribution in [3.63, 3.8) is 0 Å². The van der Waals surface area contributed by atoms with Gasteiger partial charge in [0.25, 0.3) is 0 Å². The molecule has 0 atom stereocenters. The van der Waals surface area contributed by atoms with Crippen LogP contribution in [0.25, 0.3) is 5.57 Å². The Morgan fingerprint density at radius 1 is 1.06 bits per heavy atom. The van der Waals surface area contributed by atoms with Crippen LogP contribution in [-0.2, 0) is 0 Å². The molecule has 0 aromatic heterocycles. The summed E-state index contributed by atoms with van der Waals surface area (Å²) in [5.74, 6) is 0.665. The van der Waals surface area contributed by atoms with Crippen molar-refractivity contribution in [3.8, 4) is 0 Å². The summed E-state index contributed by atoms with van der Waals surface area (Å²) in [7, 11) is 0. The Labute approximate surface area is 100 Å². The second kappa shape index (κ2) is 6.52. The van der Waals surface area contributed by atoms with Crippen molar-refractivity contribution >= 4 is 5.57 Å². The molecule has 0 amide bonds. The van der Waals surface area contributed by atoms with Crippen LogP contribution in [0.2, 0.25) is 0 Å². The van der Waals surface area contributed by atoms with Gasteiger partial charge in [0.15, 0.2) is 0 Å². The first-order valence-electron chi connectivity index (χ1n) is 6.44. The molecule has 0 aliphatic heterocycles. The van der Waals surface area contributed by atoms with Crippen molar-refractivity contribution in [2.45, 2.75) is 46.5 Å². The summed E-state index contributed by atoms with van der Waals surface area (Å²) in [6, 6.07) is 8.76. The second-order valence-corrected chi connectivity index (χ2v) is 4.67. The van der Waals surface area contributed by atoms with Crippen LogP contribution >= 0.6 is 0 Å². The summed E-state index contributed by atoms with van der Waals surface area (Å²) in [6.07, 6.45) is 5.02. The Morgan fingerprint density at radius 2 is 1.56 bits per heavy atom. The Balaban J connectivity index is 2.77. The Kier molecular flexibility index (Phi) is 5.31. The summed E-state index contributed by atoms with van der Waals surface area (Å²) in [6.45, 7) is 10.9. The van der Waals surface area contributed by atoms with Gasteiger partial charge in [-0.3, -0.25) is 0 Å². The predicted molar refractivity (Wildman–Crippen MR) is 73.5 cm³/mol. The van der Waals surface area contributed by atoms with Crippen molar-refractivity contribution < 1.29 is 0 Å². The average Bonchev–Trinajstić information content (AvgIpc) is 2.29. The van der Waals surface area contributed by atoms with Gasteiger partial charge in [0.2, 0.25) is 0 Å². The molecular formula is C16H24. The minimum absolute atomic E-state index is 0.665. The fraction of sp³-hybridized carbons (Fsp3) is 0.500. The van der Waals surface area contributed by atoms with Gasteiger partial charge in [0.05, 0.1) is 0 Å². The lowest BCUT2D eigenvalue weighted by Crippen LogP contribution is -2.02. The van der Waals surface area contributed by atoms with Crippen molar-refractivity contribution in [1.82, 2.24) is 0 Å². The van der Waals surface area contributed by atoms with E-state index in [1.54, 1.807) is 0 Å². The zero-order chi connectivity index (χ0) is 12.0. The third-order valence-electron chi connectivity index (χ3n) is 3.19. The van der Waals surface area contributed by atoms with E-state index in [1.807, 2.05) is 0 Å². The standard InChI is InChI=1S/C16H24/c1-5-7-15(8-6-2)14(4)16-11-9-13(3)10-12-16/h9-12,15H,4-8H2,1-3H3. The van der Waals surface area contributed by atoms with Crippen LogP contribution in [0.1, 0.15) is 50.7 Å². The molecule has 0 heterocycles. The molecule has 0 aliphatic carbocycles. The van der Waals surface area contributed by atoms with Gasteiger partial charge in [-0.15, -0.1) is 0 Å². The largest absolute Gasteiger partial charge is 0.0950 e. The number of hydrogen-bond donors (Lipinski definition) is 0. The number of benzene rings is 1. The molecule has 0 saturated heterocycles. The molecule has 0 bridgehead atoms. The fourth-order valence-corrected chi connectivity index (χ4v) is 2.19. The Morgan fingerprint density at radius 3 is 2.00 bits per heavy atom. The number of allylic oxidation sites excluding steroid dienone is 1. The summed E-state index contributed by atoms with van der Waals surface area (Å²) >= 11 is 0. The van der Waals surface area contributed by atoms with E-state index in [4.69, 9.17) is 0 Å². The molecule has 0 saturated carbocycles. The van der Waals surface area contributed by atoms with Crippen LogP contribution in [-0.4, -0.2) is 0 Å². The van der Waals surface area contributed by atoms with E-state index in [0.29, 0.717) is 5.92 Å². The topological polar surface area (TPSA) is 0 Å². The van der Waals surface area contributed by atoms with E-state index in [0.717, 1.165) is 0 Å². The molecule has 0 spiro atoms. The van der Waals surface area contributed by atoms with Gasteiger partial charge in [-0.25, -0.2) is 0 Å². The van der Waals surface area contributed by atoms with E-state index in [2.05, 4.69) is 51.6 Å². The second-order valence-electron chi connectivity index (χ2n) is 4.67. The molecule has 0 aliphatic rings. The quantitative estimate of drug-likeness (QED) is 0.611. The minimum atomic E-state index is 0.665. The normalized spacial score (nSPS) is 10.8. The van der Waals surface area contributed by atoms with Crippen LogP contribution in [0, 0.1) is 12.8 Å². The molecule has 0 N–H and O–H groups in total. The highest BCUT2D eigenvalue weighted by Crippen LogP contribution is 2.29. The van der Waals surface area contributed by atoms with Crippen molar-refractivity contribution in [3.05, 3.63) is 42.0 Å². The minimum Gasteiger partial charge on any atom is -0.0950 e. The third kappa shape index (κ3) is 3.52. The predicted octanol–water partition coefficient (Wildman–Crippen LogP) is 5.22. The van der Waals surface area contributed by atoms with Crippen LogP contribution in [0.15, 0.2) is 30.8 Å². The van der Waals surface area contributed by atoms with E-state index < -0.39 is 0 Å². The van der Waals surface area contributed by atoms with Gasteiger partial charge in [-0.05, 0) is 36.8 Å². The summed E-state index contributed by atoms with van der Waals surface area (Å²) in [4.78, 5) is 0. The molecule has 0 nitrogen and oxygen atoms in total. The van der Waals surface area contributed by atoms with Crippen LogP contribution in [0.4, 0.5) is 0 Å². The van der Waals surface area contributed by atoms with Gasteiger partial charge in [0.1, 0.15) is 0 Å². The molecule has 0 radical (unpaired) electrons. The SMILES string of the molecule is C=C(c1ccc(C)cc1)C(CCC)CCC. The van der Waals surface area contributed by atoms with E-state index >= 15 is 0 Å². The van der Waals surface area contributed by atoms with Gasteiger partial charge in [-0.1, -0.05) is 63.1 Å². The molecule has 0 heteroatoms. The number of rotatable bonds is 6.